The lowest BCUT2D eigenvalue weighted by molar-refractivity contribution is 0.0958. The summed E-state index contributed by atoms with van der Waals surface area (Å²) in [4.78, 5) is 14.8. The van der Waals surface area contributed by atoms with Gasteiger partial charge in [0, 0.05) is 31.1 Å². The summed E-state index contributed by atoms with van der Waals surface area (Å²) in [5.74, 6) is 0.843. The fourth-order valence-electron chi connectivity index (χ4n) is 4.98. The number of anilines is 1. The summed E-state index contributed by atoms with van der Waals surface area (Å²) in [7, 11) is 0. The third-order valence-corrected chi connectivity index (χ3v) is 6.72. The van der Waals surface area contributed by atoms with E-state index in [1.165, 1.54) is 70.6 Å². The molecule has 4 heteroatoms. The van der Waals surface area contributed by atoms with E-state index in [2.05, 4.69) is 11.8 Å². The number of carbonyl (C=O) groups is 1. The van der Waals surface area contributed by atoms with Crippen molar-refractivity contribution in [2.24, 2.45) is 0 Å². The summed E-state index contributed by atoms with van der Waals surface area (Å²) >= 11 is 0. The molecule has 1 fully saturated rings. The normalized spacial score (nSPS) is 18.2. The van der Waals surface area contributed by atoms with Gasteiger partial charge in [-0.25, -0.2) is 0 Å². The summed E-state index contributed by atoms with van der Waals surface area (Å²) in [6.07, 6.45) is 18.4. The van der Waals surface area contributed by atoms with Gasteiger partial charge in [0.05, 0.1) is 17.9 Å². The Kier molecular flexibility index (Phi) is 9.35. The highest BCUT2D eigenvalue weighted by Crippen LogP contribution is 2.42. The first-order valence-electron chi connectivity index (χ1n) is 12.5. The number of nitrogens with zero attached hydrogens (tertiary/aromatic N) is 1. The van der Waals surface area contributed by atoms with Crippen LogP contribution in [0.4, 0.5) is 5.69 Å². The third kappa shape index (κ3) is 6.39. The number of carbonyl (C=O) groups excluding carboxylic acids is 1. The van der Waals surface area contributed by atoms with E-state index in [4.69, 9.17) is 4.74 Å². The highest BCUT2D eigenvalue weighted by atomic mass is 16.5. The fraction of sp³-hybridized carbons (Fsp3) is 0.731. The Labute approximate surface area is 183 Å². The maximum absolute atomic E-state index is 12.5. The Morgan fingerprint density at radius 1 is 0.967 bits per heavy atom. The van der Waals surface area contributed by atoms with Crippen molar-refractivity contribution in [3.05, 3.63) is 17.7 Å². The quantitative estimate of drug-likeness (QED) is 0.351. The van der Waals surface area contributed by atoms with Crippen molar-refractivity contribution >= 4 is 11.5 Å². The highest BCUT2D eigenvalue weighted by Gasteiger charge is 2.35. The van der Waals surface area contributed by atoms with Crippen LogP contribution in [0.2, 0.25) is 0 Å². The van der Waals surface area contributed by atoms with Crippen LogP contribution in [0.1, 0.15) is 114 Å². The average molecular weight is 416 g/mol. The van der Waals surface area contributed by atoms with Gasteiger partial charge in [0.15, 0.2) is 5.78 Å². The summed E-state index contributed by atoms with van der Waals surface area (Å²) < 4.78 is 5.95. The predicted molar refractivity (Wildman–Crippen MR) is 124 cm³/mol. The van der Waals surface area contributed by atoms with Crippen LogP contribution in [0.25, 0.3) is 0 Å². The molecule has 1 aromatic rings. The lowest BCUT2D eigenvalue weighted by Crippen LogP contribution is -2.44. The van der Waals surface area contributed by atoms with Crippen molar-refractivity contribution in [3.8, 4) is 11.5 Å². The molecule has 2 heterocycles. The number of phenolic OH excluding ortho intramolecular Hbond substituents is 1. The molecule has 4 nitrogen and oxygen atoms in total. The number of ketones is 1. The van der Waals surface area contributed by atoms with Gasteiger partial charge in [0.25, 0.3) is 0 Å². The molecule has 1 N–H and O–H groups in total. The van der Waals surface area contributed by atoms with Gasteiger partial charge in [-0.15, -0.1) is 0 Å². The SMILES string of the molecule is CCCCCCCCCCCCCOc1cc(O)c2c(c1)N1CCCCC1CC2=O. The van der Waals surface area contributed by atoms with Gasteiger partial charge in [0.2, 0.25) is 0 Å². The molecule has 2 aliphatic rings. The molecule has 0 bridgehead atoms. The van der Waals surface area contributed by atoms with Crippen molar-refractivity contribution in [3.63, 3.8) is 0 Å². The molecule has 0 aliphatic carbocycles. The first-order chi connectivity index (χ1) is 14.7. The molecule has 1 saturated heterocycles. The summed E-state index contributed by atoms with van der Waals surface area (Å²) in [5, 5.41) is 10.5. The molecule has 0 amide bonds. The lowest BCUT2D eigenvalue weighted by atomic mass is 9.88. The van der Waals surface area contributed by atoms with Crippen molar-refractivity contribution in [2.75, 3.05) is 18.1 Å². The number of hydrogen-bond donors (Lipinski definition) is 1. The molecule has 3 rings (SSSR count). The lowest BCUT2D eigenvalue weighted by Gasteiger charge is -2.41. The first kappa shape index (κ1) is 23.0. The molecule has 1 atom stereocenters. The van der Waals surface area contributed by atoms with E-state index in [1.807, 2.05) is 6.07 Å². The molecule has 168 valence electrons. The maximum Gasteiger partial charge on any atom is 0.170 e. The highest BCUT2D eigenvalue weighted by molar-refractivity contribution is 6.06. The first-order valence-corrected chi connectivity index (χ1v) is 12.5. The van der Waals surface area contributed by atoms with E-state index in [0.29, 0.717) is 30.4 Å². The number of benzene rings is 1. The number of rotatable bonds is 13. The largest absolute Gasteiger partial charge is 0.507 e. The monoisotopic (exact) mass is 415 g/mol. The second-order valence-electron chi connectivity index (χ2n) is 9.19. The maximum atomic E-state index is 12.5. The number of phenols is 1. The smallest absolute Gasteiger partial charge is 0.170 e. The molecule has 2 aliphatic heterocycles. The van der Waals surface area contributed by atoms with E-state index >= 15 is 0 Å². The van der Waals surface area contributed by atoms with Crippen molar-refractivity contribution in [1.29, 1.82) is 0 Å². The standard InChI is InChI=1S/C26H41NO3/c1-2-3-4-5-6-7-8-9-10-11-14-17-30-22-19-23-26(25(29)20-22)24(28)18-21-15-12-13-16-27(21)23/h19-21,29H,2-18H2,1H3. The molecule has 0 spiro atoms. The molecule has 1 aromatic carbocycles. The topological polar surface area (TPSA) is 49.8 Å². The van der Waals surface area contributed by atoms with Crippen LogP contribution in [-0.4, -0.2) is 30.1 Å². The number of Topliss-reactive ketones (excluding diaryl/α,β-unsaturated/α-hetero) is 1. The molecule has 0 aromatic heterocycles. The number of fused-ring (bicyclic) bond motifs is 3. The minimum atomic E-state index is 0.0718. The van der Waals surface area contributed by atoms with Crippen molar-refractivity contribution < 1.29 is 14.6 Å². The summed E-state index contributed by atoms with van der Waals surface area (Å²) in [6, 6.07) is 3.89. The molecule has 0 saturated carbocycles. The van der Waals surface area contributed by atoms with Crippen LogP contribution in [0.3, 0.4) is 0 Å². The van der Waals surface area contributed by atoms with Gasteiger partial charge in [0.1, 0.15) is 11.5 Å². The summed E-state index contributed by atoms with van der Waals surface area (Å²) in [5.41, 5.74) is 1.38. The molecular formula is C26H41NO3. The summed E-state index contributed by atoms with van der Waals surface area (Å²) in [6.45, 7) is 3.90. The van der Waals surface area contributed by atoms with E-state index in [0.717, 1.165) is 31.5 Å². The second-order valence-corrected chi connectivity index (χ2v) is 9.19. The zero-order valence-electron chi connectivity index (χ0n) is 19.0. The van der Waals surface area contributed by atoms with Crippen LogP contribution < -0.4 is 9.64 Å². The molecule has 30 heavy (non-hydrogen) atoms. The van der Waals surface area contributed by atoms with Gasteiger partial charge in [-0.1, -0.05) is 71.1 Å². The van der Waals surface area contributed by atoms with Gasteiger partial charge in [-0.3, -0.25) is 4.79 Å². The fourth-order valence-corrected chi connectivity index (χ4v) is 4.98. The van der Waals surface area contributed by atoms with E-state index in [1.54, 1.807) is 6.07 Å². The number of piperidine rings is 1. The van der Waals surface area contributed by atoms with Crippen LogP contribution >= 0.6 is 0 Å². The van der Waals surface area contributed by atoms with E-state index in [9.17, 15) is 9.90 Å². The van der Waals surface area contributed by atoms with Crippen LogP contribution in [0.5, 0.6) is 11.5 Å². The Bertz CT molecular complexity index is 672. The number of unbranched alkanes of at least 4 members (excludes halogenated alkanes) is 10. The van der Waals surface area contributed by atoms with E-state index in [-0.39, 0.29) is 11.5 Å². The Hall–Kier alpha value is -1.71. The molecule has 0 radical (unpaired) electrons. The van der Waals surface area contributed by atoms with Gasteiger partial charge in [-0.05, 0) is 25.7 Å². The number of hydrogen-bond acceptors (Lipinski definition) is 4. The zero-order valence-corrected chi connectivity index (χ0v) is 19.0. The minimum absolute atomic E-state index is 0.0718. The van der Waals surface area contributed by atoms with Crippen molar-refractivity contribution in [2.45, 2.75) is 109 Å². The van der Waals surface area contributed by atoms with Gasteiger partial charge in [-0.2, -0.15) is 0 Å². The van der Waals surface area contributed by atoms with E-state index < -0.39 is 0 Å². The van der Waals surface area contributed by atoms with Crippen LogP contribution in [0, 0.1) is 0 Å². The van der Waals surface area contributed by atoms with Crippen molar-refractivity contribution in [1.82, 2.24) is 0 Å². The number of ether oxygens (including phenoxy) is 1. The average Bonchev–Trinajstić information content (AvgIpc) is 2.74. The predicted octanol–water partition coefficient (Wildman–Crippen LogP) is 7.03. The zero-order chi connectivity index (χ0) is 21.2. The molecule has 1 unspecified atom stereocenters. The van der Waals surface area contributed by atoms with Gasteiger partial charge < -0.3 is 14.7 Å². The Morgan fingerprint density at radius 2 is 1.63 bits per heavy atom. The Balaban J connectivity index is 1.37. The van der Waals surface area contributed by atoms with Crippen LogP contribution in [-0.2, 0) is 0 Å². The Morgan fingerprint density at radius 3 is 2.33 bits per heavy atom. The molecular weight excluding hydrogens is 374 g/mol. The number of aromatic hydroxyl groups is 1. The third-order valence-electron chi connectivity index (χ3n) is 6.72. The van der Waals surface area contributed by atoms with Gasteiger partial charge >= 0.3 is 0 Å². The second kappa shape index (κ2) is 12.2. The minimum Gasteiger partial charge on any atom is -0.507 e. The van der Waals surface area contributed by atoms with Crippen LogP contribution in [0.15, 0.2) is 12.1 Å².